The number of alkyl halides is 3. The Morgan fingerprint density at radius 1 is 0.932 bits per heavy atom. The molecule has 44 heavy (non-hydrogen) atoms. The summed E-state index contributed by atoms with van der Waals surface area (Å²) in [6.45, 7) is 4.12. The molecule has 0 radical (unpaired) electrons. The maximum absolute atomic E-state index is 13.4. The number of imide groups is 2. The minimum atomic E-state index is -4.77. The Bertz CT molecular complexity index is 1860. The first-order chi connectivity index (χ1) is 20.9. The van der Waals surface area contributed by atoms with Crippen LogP contribution >= 0.6 is 23.2 Å². The SMILES string of the molecule is CCOc1cc(/C=C2/C(=O)NC(=O)N(c3cc(C(F)(F)F)ccc3Cl)C2=O)cc(Cl)c1OCc1c(C)ccc2ccccc12. The number of anilines is 1. The molecule has 0 aliphatic carbocycles. The van der Waals surface area contributed by atoms with E-state index in [0.717, 1.165) is 34.0 Å². The number of urea groups is 1. The normalized spacial score (nSPS) is 14.8. The Kier molecular flexibility index (Phi) is 8.58. The summed E-state index contributed by atoms with van der Waals surface area (Å²) in [5.41, 5.74) is -0.0202. The standard InChI is InChI=1S/C32H23Cl2F3N2O5/c1-3-43-27-14-18(13-25(34)28(27)44-16-23-17(2)8-9-19-6-4-5-7-21(19)23)12-22-29(40)38-31(42)39(30(22)41)26-15-20(32(35,36)37)10-11-24(26)33/h4-15H,3,16H2,1-2H3,(H,38,40,42)/b22-12-. The summed E-state index contributed by atoms with van der Waals surface area (Å²) in [6.07, 6.45) is -3.63. The molecular formula is C32H23Cl2F3N2O5. The zero-order valence-electron chi connectivity index (χ0n) is 23.2. The van der Waals surface area contributed by atoms with E-state index in [1.54, 1.807) is 6.92 Å². The molecule has 0 unspecified atom stereocenters. The number of carbonyl (C=O) groups excluding carboxylic acids is 3. The van der Waals surface area contributed by atoms with E-state index in [1.165, 1.54) is 12.1 Å². The lowest BCUT2D eigenvalue weighted by molar-refractivity contribution is -0.137. The highest BCUT2D eigenvalue weighted by atomic mass is 35.5. The second kappa shape index (κ2) is 12.2. The molecule has 4 amide bonds. The van der Waals surface area contributed by atoms with Crippen molar-refractivity contribution in [1.82, 2.24) is 5.32 Å². The van der Waals surface area contributed by atoms with Crippen molar-refractivity contribution in [3.63, 3.8) is 0 Å². The van der Waals surface area contributed by atoms with Crippen molar-refractivity contribution in [2.75, 3.05) is 11.5 Å². The lowest BCUT2D eigenvalue weighted by Gasteiger charge is -2.27. The Morgan fingerprint density at radius 2 is 1.68 bits per heavy atom. The van der Waals surface area contributed by atoms with Crippen LogP contribution in [-0.4, -0.2) is 24.5 Å². The van der Waals surface area contributed by atoms with Gasteiger partial charge in [-0.2, -0.15) is 13.2 Å². The van der Waals surface area contributed by atoms with E-state index >= 15 is 0 Å². The van der Waals surface area contributed by atoms with Gasteiger partial charge in [-0.25, -0.2) is 9.69 Å². The van der Waals surface area contributed by atoms with Gasteiger partial charge < -0.3 is 9.47 Å². The van der Waals surface area contributed by atoms with Crippen molar-refractivity contribution < 1.29 is 37.0 Å². The molecule has 0 atom stereocenters. The molecule has 1 aliphatic heterocycles. The summed E-state index contributed by atoms with van der Waals surface area (Å²) in [6, 6.07) is 15.7. The number of nitrogens with zero attached hydrogens (tertiary/aromatic N) is 1. The Morgan fingerprint density at radius 3 is 2.41 bits per heavy atom. The number of ether oxygens (including phenoxy) is 2. The van der Waals surface area contributed by atoms with Crippen LogP contribution in [0.3, 0.4) is 0 Å². The third kappa shape index (κ3) is 6.09. The van der Waals surface area contributed by atoms with Gasteiger partial charge in [0.2, 0.25) is 0 Å². The molecule has 0 spiro atoms. The molecule has 5 rings (SSSR count). The van der Waals surface area contributed by atoms with Crippen LogP contribution in [0.4, 0.5) is 23.7 Å². The highest BCUT2D eigenvalue weighted by Gasteiger charge is 2.39. The number of fused-ring (bicyclic) bond motifs is 1. The lowest BCUT2D eigenvalue weighted by Crippen LogP contribution is -2.54. The predicted octanol–water partition coefficient (Wildman–Crippen LogP) is 8.12. The number of benzene rings is 4. The third-order valence-electron chi connectivity index (χ3n) is 6.89. The number of carbonyl (C=O) groups is 3. The summed E-state index contributed by atoms with van der Waals surface area (Å²) in [4.78, 5) is 39.1. The summed E-state index contributed by atoms with van der Waals surface area (Å²) in [7, 11) is 0. The fraction of sp³-hybridized carbons (Fsp3) is 0.156. The number of hydrogen-bond donors (Lipinski definition) is 1. The lowest BCUT2D eigenvalue weighted by atomic mass is 10.0. The fourth-order valence-corrected chi connectivity index (χ4v) is 5.23. The maximum atomic E-state index is 13.4. The van der Waals surface area contributed by atoms with Crippen LogP contribution in [0.1, 0.15) is 29.2 Å². The average molecular weight is 643 g/mol. The highest BCUT2D eigenvalue weighted by Crippen LogP contribution is 2.40. The highest BCUT2D eigenvalue weighted by molar-refractivity contribution is 6.42. The molecular weight excluding hydrogens is 620 g/mol. The molecule has 1 aliphatic rings. The van der Waals surface area contributed by atoms with Gasteiger partial charge in [-0.15, -0.1) is 0 Å². The molecule has 226 valence electrons. The summed E-state index contributed by atoms with van der Waals surface area (Å²) < 4.78 is 52.0. The molecule has 1 N–H and O–H groups in total. The zero-order valence-corrected chi connectivity index (χ0v) is 24.7. The number of barbiturate groups is 1. The summed E-state index contributed by atoms with van der Waals surface area (Å²) in [5.74, 6) is -1.78. The van der Waals surface area contributed by atoms with Crippen LogP contribution in [0.15, 0.2) is 72.3 Å². The van der Waals surface area contributed by atoms with Crippen LogP contribution in [-0.2, 0) is 22.4 Å². The molecule has 0 saturated carbocycles. The van der Waals surface area contributed by atoms with Crippen LogP contribution < -0.4 is 19.7 Å². The van der Waals surface area contributed by atoms with Gasteiger partial charge in [0, 0.05) is 5.56 Å². The van der Waals surface area contributed by atoms with Crippen LogP contribution in [0.5, 0.6) is 11.5 Å². The Hall–Kier alpha value is -4.54. The number of hydrogen-bond acceptors (Lipinski definition) is 5. The predicted molar refractivity (Wildman–Crippen MR) is 161 cm³/mol. The molecule has 1 fully saturated rings. The quantitative estimate of drug-likeness (QED) is 0.163. The molecule has 4 aromatic rings. The van der Waals surface area contributed by atoms with Gasteiger partial charge in [0.05, 0.1) is 27.9 Å². The van der Waals surface area contributed by atoms with Gasteiger partial charge in [0.1, 0.15) is 12.2 Å². The van der Waals surface area contributed by atoms with E-state index in [0.29, 0.717) is 17.0 Å². The van der Waals surface area contributed by atoms with Gasteiger partial charge in [0.15, 0.2) is 11.5 Å². The number of halogens is 5. The number of rotatable bonds is 7. The van der Waals surface area contributed by atoms with E-state index in [-0.39, 0.29) is 40.3 Å². The van der Waals surface area contributed by atoms with Crippen molar-refractivity contribution in [1.29, 1.82) is 0 Å². The maximum Gasteiger partial charge on any atom is 0.416 e. The molecule has 12 heteroatoms. The minimum absolute atomic E-state index is 0.109. The van der Waals surface area contributed by atoms with Crippen molar-refractivity contribution in [3.05, 3.63) is 105 Å². The Balaban J connectivity index is 1.50. The van der Waals surface area contributed by atoms with Gasteiger partial charge in [-0.1, -0.05) is 59.6 Å². The van der Waals surface area contributed by atoms with Crippen molar-refractivity contribution in [2.45, 2.75) is 26.6 Å². The van der Waals surface area contributed by atoms with Crippen LogP contribution in [0, 0.1) is 6.92 Å². The van der Waals surface area contributed by atoms with Crippen molar-refractivity contribution in [2.24, 2.45) is 0 Å². The van der Waals surface area contributed by atoms with E-state index < -0.39 is 40.8 Å². The van der Waals surface area contributed by atoms with E-state index in [4.69, 9.17) is 32.7 Å². The summed E-state index contributed by atoms with van der Waals surface area (Å²) >= 11 is 12.7. The fourth-order valence-electron chi connectivity index (χ4n) is 4.76. The van der Waals surface area contributed by atoms with E-state index in [9.17, 15) is 27.6 Å². The van der Waals surface area contributed by atoms with Gasteiger partial charge in [-0.3, -0.25) is 14.9 Å². The number of nitrogens with one attached hydrogen (secondary N) is 1. The van der Waals surface area contributed by atoms with E-state index in [2.05, 4.69) is 0 Å². The van der Waals surface area contributed by atoms with Crippen molar-refractivity contribution >= 4 is 63.6 Å². The third-order valence-corrected chi connectivity index (χ3v) is 7.49. The first-order valence-corrected chi connectivity index (χ1v) is 14.0. The van der Waals surface area contributed by atoms with Gasteiger partial charge >= 0.3 is 12.2 Å². The monoisotopic (exact) mass is 642 g/mol. The molecule has 0 aromatic heterocycles. The molecule has 4 aromatic carbocycles. The topological polar surface area (TPSA) is 84.9 Å². The van der Waals surface area contributed by atoms with Crippen molar-refractivity contribution in [3.8, 4) is 11.5 Å². The second-order valence-corrected chi connectivity index (χ2v) is 10.6. The molecule has 0 bridgehead atoms. The largest absolute Gasteiger partial charge is 0.490 e. The molecule has 1 heterocycles. The smallest absolute Gasteiger partial charge is 0.416 e. The van der Waals surface area contributed by atoms with Gasteiger partial charge in [0.25, 0.3) is 11.8 Å². The van der Waals surface area contributed by atoms with E-state index in [1.807, 2.05) is 48.6 Å². The summed E-state index contributed by atoms with van der Waals surface area (Å²) in [5, 5.41) is 3.84. The molecule has 7 nitrogen and oxygen atoms in total. The Labute approximate surface area is 259 Å². The first kappa shape index (κ1) is 30.9. The number of aryl methyl sites for hydroxylation is 1. The average Bonchev–Trinajstić information content (AvgIpc) is 2.96. The van der Waals surface area contributed by atoms with Gasteiger partial charge in [-0.05, 0) is 72.2 Å². The van der Waals surface area contributed by atoms with Crippen LogP contribution in [0.25, 0.3) is 16.8 Å². The first-order valence-electron chi connectivity index (χ1n) is 13.2. The minimum Gasteiger partial charge on any atom is -0.490 e. The molecule has 1 saturated heterocycles. The zero-order chi connectivity index (χ0) is 31.8. The van der Waals surface area contributed by atoms with Crippen LogP contribution in [0.2, 0.25) is 10.0 Å². The second-order valence-electron chi connectivity index (χ2n) is 9.76. The number of amides is 4.